The minimum atomic E-state index is -0.755. The van der Waals surface area contributed by atoms with E-state index in [1.165, 1.54) is 36.3 Å². The fraction of sp³-hybridized carbons (Fsp3) is 0.261. The summed E-state index contributed by atoms with van der Waals surface area (Å²) in [5.41, 5.74) is 1.97. The second-order valence-corrected chi connectivity index (χ2v) is 7.41. The molecule has 33 heavy (non-hydrogen) atoms. The van der Waals surface area contributed by atoms with Crippen molar-refractivity contribution in [1.29, 1.82) is 0 Å². The molecule has 0 unspecified atom stereocenters. The molecular formula is C23H24N4O6. The van der Waals surface area contributed by atoms with Crippen molar-refractivity contribution in [1.82, 2.24) is 10.2 Å². The van der Waals surface area contributed by atoms with E-state index in [4.69, 9.17) is 4.74 Å². The van der Waals surface area contributed by atoms with Gasteiger partial charge in [-0.25, -0.2) is 9.59 Å². The Bertz CT molecular complexity index is 1130. The summed E-state index contributed by atoms with van der Waals surface area (Å²) >= 11 is 0. The van der Waals surface area contributed by atoms with Gasteiger partial charge in [0.1, 0.15) is 0 Å². The maximum Gasteiger partial charge on any atom is 0.337 e. The van der Waals surface area contributed by atoms with Gasteiger partial charge in [-0.3, -0.25) is 19.8 Å². The minimum Gasteiger partial charge on any atom is -0.466 e. The number of amides is 3. The molecule has 0 spiro atoms. The summed E-state index contributed by atoms with van der Waals surface area (Å²) in [4.78, 5) is 49.6. The van der Waals surface area contributed by atoms with Gasteiger partial charge >= 0.3 is 12.0 Å². The Morgan fingerprint density at radius 1 is 1.21 bits per heavy atom. The summed E-state index contributed by atoms with van der Waals surface area (Å²) in [6.45, 7) is 4.09. The maximum absolute atomic E-state index is 12.7. The Hall–Kier alpha value is -4.21. The third kappa shape index (κ3) is 5.00. The van der Waals surface area contributed by atoms with Crippen LogP contribution in [0.1, 0.15) is 42.2 Å². The zero-order chi connectivity index (χ0) is 24.1. The second kappa shape index (κ2) is 9.94. The number of methoxy groups -OCH3 is 1. The molecule has 0 saturated heterocycles. The van der Waals surface area contributed by atoms with Gasteiger partial charge in [0, 0.05) is 35.6 Å². The number of non-ortho nitro benzene ring substituents is 1. The molecule has 0 aliphatic carbocycles. The average Bonchev–Trinajstić information content (AvgIpc) is 2.81. The molecule has 10 heteroatoms. The number of carbonyl (C=O) groups excluding carboxylic acids is 3. The molecule has 3 amide bonds. The van der Waals surface area contributed by atoms with Crippen LogP contribution in [0.15, 0.2) is 59.8 Å². The highest BCUT2D eigenvalue weighted by atomic mass is 16.6. The molecule has 10 nitrogen and oxygen atoms in total. The van der Waals surface area contributed by atoms with Crippen LogP contribution in [0.4, 0.5) is 16.2 Å². The molecule has 0 saturated carbocycles. The molecule has 172 valence electrons. The Morgan fingerprint density at radius 2 is 1.91 bits per heavy atom. The molecule has 1 heterocycles. The number of hydrogen-bond donors (Lipinski definition) is 2. The SMILES string of the molecule is CCCN1C(=O)N[C@@H](c2cccc(NC(=O)c3ccc([N+](=O)[O-])cc3)c2)C(C(=O)OC)=C1C. The number of urea groups is 1. The summed E-state index contributed by atoms with van der Waals surface area (Å²) < 4.78 is 4.96. The van der Waals surface area contributed by atoms with Gasteiger partial charge < -0.3 is 15.4 Å². The Morgan fingerprint density at radius 3 is 2.52 bits per heavy atom. The van der Waals surface area contributed by atoms with Gasteiger partial charge in [-0.2, -0.15) is 0 Å². The van der Waals surface area contributed by atoms with Gasteiger partial charge in [0.05, 0.1) is 23.6 Å². The van der Waals surface area contributed by atoms with Crippen LogP contribution < -0.4 is 10.6 Å². The molecule has 1 aliphatic heterocycles. The number of nitrogens with one attached hydrogen (secondary N) is 2. The number of hydrogen-bond acceptors (Lipinski definition) is 6. The summed E-state index contributed by atoms with van der Waals surface area (Å²) in [5, 5.41) is 16.4. The van der Waals surface area contributed by atoms with Crippen LogP contribution >= 0.6 is 0 Å². The highest BCUT2D eigenvalue weighted by Crippen LogP contribution is 2.32. The van der Waals surface area contributed by atoms with Crippen molar-refractivity contribution in [3.05, 3.63) is 81.0 Å². The number of nitro benzene ring substituents is 1. The zero-order valence-corrected chi connectivity index (χ0v) is 18.5. The lowest BCUT2D eigenvalue weighted by Gasteiger charge is -2.35. The first kappa shape index (κ1) is 23.5. The Labute approximate surface area is 190 Å². The van der Waals surface area contributed by atoms with Crippen molar-refractivity contribution >= 4 is 29.3 Å². The summed E-state index contributed by atoms with van der Waals surface area (Å²) in [6.07, 6.45) is 0.716. The van der Waals surface area contributed by atoms with E-state index in [9.17, 15) is 24.5 Å². The zero-order valence-electron chi connectivity index (χ0n) is 18.5. The molecule has 3 rings (SSSR count). The van der Waals surface area contributed by atoms with E-state index in [2.05, 4.69) is 10.6 Å². The molecule has 1 aliphatic rings. The lowest BCUT2D eigenvalue weighted by atomic mass is 9.94. The van der Waals surface area contributed by atoms with E-state index in [1.807, 2.05) is 6.92 Å². The third-order valence-electron chi connectivity index (χ3n) is 5.27. The number of rotatable bonds is 7. The smallest absolute Gasteiger partial charge is 0.337 e. The predicted molar refractivity (Wildman–Crippen MR) is 120 cm³/mol. The van der Waals surface area contributed by atoms with Crippen LogP contribution in [-0.4, -0.2) is 41.4 Å². The molecule has 0 aromatic heterocycles. The first-order chi connectivity index (χ1) is 15.8. The quantitative estimate of drug-likeness (QED) is 0.373. The summed E-state index contributed by atoms with van der Waals surface area (Å²) in [6, 6.07) is 10.9. The fourth-order valence-electron chi connectivity index (χ4n) is 3.63. The molecule has 2 N–H and O–H groups in total. The average molecular weight is 452 g/mol. The van der Waals surface area contributed by atoms with Crippen molar-refractivity contribution in [3.8, 4) is 0 Å². The van der Waals surface area contributed by atoms with Gasteiger partial charge in [-0.15, -0.1) is 0 Å². The van der Waals surface area contributed by atoms with Crippen molar-refractivity contribution < 1.29 is 24.0 Å². The lowest BCUT2D eigenvalue weighted by molar-refractivity contribution is -0.384. The largest absolute Gasteiger partial charge is 0.466 e. The molecule has 2 aromatic carbocycles. The van der Waals surface area contributed by atoms with Crippen LogP contribution in [-0.2, 0) is 9.53 Å². The summed E-state index contributed by atoms with van der Waals surface area (Å²) in [5.74, 6) is -1.01. The normalized spacial score (nSPS) is 15.7. The van der Waals surface area contributed by atoms with Gasteiger partial charge in [0.2, 0.25) is 0 Å². The molecule has 0 radical (unpaired) electrons. The number of benzene rings is 2. The van der Waals surface area contributed by atoms with Gasteiger partial charge in [-0.1, -0.05) is 19.1 Å². The van der Waals surface area contributed by atoms with Crippen LogP contribution in [0.2, 0.25) is 0 Å². The van der Waals surface area contributed by atoms with Crippen LogP contribution in [0, 0.1) is 10.1 Å². The van der Waals surface area contributed by atoms with E-state index in [-0.39, 0.29) is 17.3 Å². The molecule has 1 atom stereocenters. The Balaban J connectivity index is 1.89. The number of nitro groups is 1. The van der Waals surface area contributed by atoms with E-state index in [0.29, 0.717) is 35.5 Å². The standard InChI is InChI=1S/C23H24N4O6/c1-4-12-26-14(2)19(22(29)33-3)20(25-23(26)30)16-6-5-7-17(13-16)24-21(28)15-8-10-18(11-9-15)27(31)32/h5-11,13,20H,4,12H2,1-3H3,(H,24,28)(H,25,30)/t20-/m0/s1. The molecular weight excluding hydrogens is 428 g/mol. The van der Waals surface area contributed by atoms with Crippen LogP contribution in [0.5, 0.6) is 0 Å². The summed E-state index contributed by atoms with van der Waals surface area (Å²) in [7, 11) is 1.28. The molecule has 0 bridgehead atoms. The fourth-order valence-corrected chi connectivity index (χ4v) is 3.63. The molecule has 0 fully saturated rings. The predicted octanol–water partition coefficient (Wildman–Crippen LogP) is 3.77. The van der Waals surface area contributed by atoms with E-state index >= 15 is 0 Å². The highest BCUT2D eigenvalue weighted by Gasteiger charge is 2.36. The third-order valence-corrected chi connectivity index (χ3v) is 5.27. The van der Waals surface area contributed by atoms with E-state index in [0.717, 1.165) is 0 Å². The lowest BCUT2D eigenvalue weighted by Crippen LogP contribution is -2.48. The number of allylic oxidation sites excluding steroid dienone is 1. The van der Waals surface area contributed by atoms with Crippen molar-refractivity contribution in [3.63, 3.8) is 0 Å². The first-order valence-electron chi connectivity index (χ1n) is 10.3. The van der Waals surface area contributed by atoms with Crippen LogP contribution in [0.3, 0.4) is 0 Å². The van der Waals surface area contributed by atoms with Gasteiger partial charge in [-0.05, 0) is 43.2 Å². The van der Waals surface area contributed by atoms with E-state index < -0.39 is 22.8 Å². The van der Waals surface area contributed by atoms with Crippen LogP contribution in [0.25, 0.3) is 0 Å². The maximum atomic E-state index is 12.7. The second-order valence-electron chi connectivity index (χ2n) is 7.41. The van der Waals surface area contributed by atoms with Crippen molar-refractivity contribution in [2.24, 2.45) is 0 Å². The van der Waals surface area contributed by atoms with Crippen molar-refractivity contribution in [2.75, 3.05) is 19.0 Å². The van der Waals surface area contributed by atoms with E-state index in [1.54, 1.807) is 31.2 Å². The number of nitrogens with zero attached hydrogens (tertiary/aromatic N) is 2. The van der Waals surface area contributed by atoms with Crippen molar-refractivity contribution in [2.45, 2.75) is 26.3 Å². The first-order valence-corrected chi connectivity index (χ1v) is 10.3. The Kier molecular flexibility index (Phi) is 7.07. The monoisotopic (exact) mass is 452 g/mol. The molecule has 2 aromatic rings. The topological polar surface area (TPSA) is 131 Å². The number of ether oxygens (including phenoxy) is 1. The van der Waals surface area contributed by atoms with Gasteiger partial charge in [0.15, 0.2) is 0 Å². The highest BCUT2D eigenvalue weighted by molar-refractivity contribution is 6.04. The minimum absolute atomic E-state index is 0.115. The number of anilines is 1. The van der Waals surface area contributed by atoms with Gasteiger partial charge in [0.25, 0.3) is 11.6 Å². The number of esters is 1. The number of carbonyl (C=O) groups is 3.